The van der Waals surface area contributed by atoms with Crippen LogP contribution in [0.25, 0.3) is 0 Å². The average Bonchev–Trinajstić information content (AvgIpc) is 3.17. The summed E-state index contributed by atoms with van der Waals surface area (Å²) in [5.41, 5.74) is 5.05. The molecule has 4 heteroatoms. The summed E-state index contributed by atoms with van der Waals surface area (Å²) in [4.78, 5) is 14.5. The van der Waals surface area contributed by atoms with Crippen LogP contribution in [0.3, 0.4) is 0 Å². The van der Waals surface area contributed by atoms with Crippen LogP contribution < -0.4 is 11.1 Å². The highest BCUT2D eigenvalue weighted by Crippen LogP contribution is 2.37. The largest absolute Gasteiger partial charge is 0.368 e. The van der Waals surface area contributed by atoms with Crippen molar-refractivity contribution in [1.82, 2.24) is 10.2 Å². The van der Waals surface area contributed by atoms with Crippen LogP contribution in [0.5, 0.6) is 0 Å². The van der Waals surface area contributed by atoms with Crippen LogP contribution in [0.1, 0.15) is 59.8 Å². The molecule has 2 unspecified atom stereocenters. The number of rotatable bonds is 9. The number of carbonyl (C=O) groups excluding carboxylic acids is 1. The lowest BCUT2D eigenvalue weighted by Gasteiger charge is -2.37. The molecule has 0 saturated heterocycles. The van der Waals surface area contributed by atoms with E-state index in [2.05, 4.69) is 31.0 Å². The van der Waals surface area contributed by atoms with Crippen molar-refractivity contribution in [2.24, 2.45) is 11.7 Å². The molecule has 0 heterocycles. The van der Waals surface area contributed by atoms with Gasteiger partial charge in [0.05, 0.1) is 5.54 Å². The van der Waals surface area contributed by atoms with Gasteiger partial charge in [0.1, 0.15) is 0 Å². The van der Waals surface area contributed by atoms with Crippen molar-refractivity contribution in [1.29, 1.82) is 0 Å². The third kappa shape index (κ3) is 4.19. The molecule has 1 amide bonds. The van der Waals surface area contributed by atoms with E-state index in [1.165, 1.54) is 32.2 Å². The van der Waals surface area contributed by atoms with Gasteiger partial charge < -0.3 is 11.1 Å². The second-order valence-electron chi connectivity index (χ2n) is 7.42. The molecule has 116 valence electrons. The van der Waals surface area contributed by atoms with E-state index < -0.39 is 5.54 Å². The van der Waals surface area contributed by atoms with Crippen molar-refractivity contribution in [2.75, 3.05) is 6.54 Å². The summed E-state index contributed by atoms with van der Waals surface area (Å²) in [6.07, 6.45) is 6.20. The first-order valence-electron chi connectivity index (χ1n) is 8.15. The van der Waals surface area contributed by atoms with E-state index in [1.807, 2.05) is 6.92 Å². The Balaban J connectivity index is 1.97. The smallest absolute Gasteiger partial charge is 0.237 e. The zero-order valence-electron chi connectivity index (χ0n) is 13.5. The summed E-state index contributed by atoms with van der Waals surface area (Å²) in [6, 6.07) is 1.42. The monoisotopic (exact) mass is 281 g/mol. The molecular formula is C16H31N3O. The van der Waals surface area contributed by atoms with E-state index in [1.54, 1.807) is 0 Å². The van der Waals surface area contributed by atoms with Gasteiger partial charge in [0.15, 0.2) is 0 Å². The predicted octanol–water partition coefficient (Wildman–Crippen LogP) is 1.88. The van der Waals surface area contributed by atoms with Crippen LogP contribution in [0.15, 0.2) is 0 Å². The second kappa shape index (κ2) is 6.02. The normalized spacial score (nSPS) is 23.9. The number of nitrogens with zero attached hydrogens (tertiary/aromatic N) is 1. The highest BCUT2D eigenvalue weighted by Gasteiger charge is 2.40. The summed E-state index contributed by atoms with van der Waals surface area (Å²) in [7, 11) is 0. The summed E-state index contributed by atoms with van der Waals surface area (Å²) in [5, 5.41) is 3.37. The molecule has 2 aliphatic rings. The second-order valence-corrected chi connectivity index (χ2v) is 7.42. The van der Waals surface area contributed by atoms with Crippen molar-refractivity contribution in [3.05, 3.63) is 0 Å². The summed E-state index contributed by atoms with van der Waals surface area (Å²) in [5.74, 6) is 0.663. The van der Waals surface area contributed by atoms with E-state index in [0.29, 0.717) is 6.04 Å². The lowest BCUT2D eigenvalue weighted by Crippen LogP contribution is -2.58. The first kappa shape index (κ1) is 15.8. The van der Waals surface area contributed by atoms with E-state index in [0.717, 1.165) is 18.4 Å². The van der Waals surface area contributed by atoms with Gasteiger partial charge in [-0.2, -0.15) is 0 Å². The van der Waals surface area contributed by atoms with E-state index in [9.17, 15) is 4.79 Å². The lowest BCUT2D eigenvalue weighted by molar-refractivity contribution is -0.125. The first-order valence-corrected chi connectivity index (χ1v) is 8.15. The van der Waals surface area contributed by atoms with Crippen LogP contribution in [-0.2, 0) is 4.79 Å². The number of nitrogens with two attached hydrogens (primary N) is 1. The van der Waals surface area contributed by atoms with Crippen molar-refractivity contribution in [3.8, 4) is 0 Å². The SMILES string of the molecule is CC(C)NC(C)(CC(C)N(CC1CC1)C1CC1)C(N)=O. The summed E-state index contributed by atoms with van der Waals surface area (Å²) >= 11 is 0. The number of nitrogens with one attached hydrogen (secondary N) is 1. The quantitative estimate of drug-likeness (QED) is 0.678. The number of amides is 1. The Hall–Kier alpha value is -0.610. The van der Waals surface area contributed by atoms with Crippen LogP contribution >= 0.6 is 0 Å². The van der Waals surface area contributed by atoms with Crippen molar-refractivity contribution >= 4 is 5.91 Å². The zero-order valence-corrected chi connectivity index (χ0v) is 13.5. The zero-order chi connectivity index (χ0) is 14.9. The average molecular weight is 281 g/mol. The predicted molar refractivity (Wildman–Crippen MR) is 82.4 cm³/mol. The van der Waals surface area contributed by atoms with Gasteiger partial charge in [-0.25, -0.2) is 0 Å². The maximum atomic E-state index is 11.9. The molecule has 2 fully saturated rings. The van der Waals surface area contributed by atoms with Gasteiger partial charge in [0.2, 0.25) is 5.91 Å². The maximum absolute atomic E-state index is 11.9. The topological polar surface area (TPSA) is 58.4 Å². The van der Waals surface area contributed by atoms with Gasteiger partial charge >= 0.3 is 0 Å². The highest BCUT2D eigenvalue weighted by atomic mass is 16.1. The number of hydrogen-bond donors (Lipinski definition) is 2. The number of primary amides is 1. The Morgan fingerprint density at radius 1 is 1.30 bits per heavy atom. The minimum atomic E-state index is -0.607. The van der Waals surface area contributed by atoms with Crippen molar-refractivity contribution in [3.63, 3.8) is 0 Å². The number of carbonyl (C=O) groups is 1. The van der Waals surface area contributed by atoms with Gasteiger partial charge in [-0.05, 0) is 65.7 Å². The third-order valence-electron chi connectivity index (χ3n) is 4.60. The van der Waals surface area contributed by atoms with Crippen molar-refractivity contribution < 1.29 is 4.79 Å². The number of hydrogen-bond acceptors (Lipinski definition) is 3. The Labute approximate surface area is 123 Å². The fourth-order valence-electron chi connectivity index (χ4n) is 3.27. The molecule has 0 aromatic heterocycles. The van der Waals surface area contributed by atoms with Crippen LogP contribution in [0.2, 0.25) is 0 Å². The molecule has 0 aromatic rings. The molecule has 0 aromatic carbocycles. The Bertz CT molecular complexity index is 350. The van der Waals surface area contributed by atoms with Gasteiger partial charge in [-0.15, -0.1) is 0 Å². The molecule has 4 nitrogen and oxygen atoms in total. The fourth-order valence-corrected chi connectivity index (χ4v) is 3.27. The van der Waals surface area contributed by atoms with Crippen LogP contribution in [0.4, 0.5) is 0 Å². The van der Waals surface area contributed by atoms with Gasteiger partial charge in [0.25, 0.3) is 0 Å². The molecule has 2 aliphatic carbocycles. The molecule has 2 saturated carbocycles. The van der Waals surface area contributed by atoms with Crippen molar-refractivity contribution in [2.45, 2.75) is 83.5 Å². The van der Waals surface area contributed by atoms with E-state index >= 15 is 0 Å². The molecular weight excluding hydrogens is 250 g/mol. The molecule has 0 aliphatic heterocycles. The standard InChI is InChI=1S/C16H31N3O/c1-11(2)18-16(4,15(17)20)9-12(3)19(14-7-8-14)10-13-5-6-13/h11-14,18H,5-10H2,1-4H3,(H2,17,20). The van der Waals surface area contributed by atoms with Gasteiger partial charge in [0, 0.05) is 24.7 Å². The maximum Gasteiger partial charge on any atom is 0.237 e. The van der Waals surface area contributed by atoms with Gasteiger partial charge in [-0.1, -0.05) is 0 Å². The molecule has 2 rings (SSSR count). The molecule has 3 N–H and O–H groups in total. The van der Waals surface area contributed by atoms with Crippen LogP contribution in [-0.4, -0.2) is 41.0 Å². The highest BCUT2D eigenvalue weighted by molar-refractivity contribution is 5.84. The minimum Gasteiger partial charge on any atom is -0.368 e. The third-order valence-corrected chi connectivity index (χ3v) is 4.60. The molecule has 0 bridgehead atoms. The van der Waals surface area contributed by atoms with E-state index in [4.69, 9.17) is 5.73 Å². The van der Waals surface area contributed by atoms with Gasteiger partial charge in [-0.3, -0.25) is 9.69 Å². The van der Waals surface area contributed by atoms with Crippen LogP contribution in [0, 0.1) is 5.92 Å². The Morgan fingerprint density at radius 3 is 2.30 bits per heavy atom. The van der Waals surface area contributed by atoms with E-state index in [-0.39, 0.29) is 11.9 Å². The summed E-state index contributed by atoms with van der Waals surface area (Å²) in [6.45, 7) is 9.55. The lowest BCUT2D eigenvalue weighted by atomic mass is 9.91. The minimum absolute atomic E-state index is 0.236. The summed E-state index contributed by atoms with van der Waals surface area (Å²) < 4.78 is 0. The molecule has 0 radical (unpaired) electrons. The fraction of sp³-hybridized carbons (Fsp3) is 0.938. The molecule has 20 heavy (non-hydrogen) atoms. The first-order chi connectivity index (χ1) is 9.32. The molecule has 2 atom stereocenters. The Kier molecular flexibility index (Phi) is 4.75. The Morgan fingerprint density at radius 2 is 1.90 bits per heavy atom. The molecule has 0 spiro atoms.